The van der Waals surface area contributed by atoms with E-state index in [9.17, 15) is 4.79 Å². The molecule has 108 valence electrons. The molecular formula is C17H23NO2. The number of hydrogen-bond acceptors (Lipinski definition) is 3. The van der Waals surface area contributed by atoms with Crippen LogP contribution in [0.1, 0.15) is 31.2 Å². The van der Waals surface area contributed by atoms with E-state index in [4.69, 9.17) is 4.74 Å². The van der Waals surface area contributed by atoms with Gasteiger partial charge in [-0.15, -0.1) is 0 Å². The number of esters is 1. The molecule has 3 nitrogen and oxygen atoms in total. The third-order valence-corrected chi connectivity index (χ3v) is 4.57. The summed E-state index contributed by atoms with van der Waals surface area (Å²) in [6.45, 7) is 3.33. The fraction of sp³-hybridized carbons (Fsp3) is 0.588. The molecule has 0 saturated carbocycles. The van der Waals surface area contributed by atoms with E-state index in [0.29, 0.717) is 12.3 Å². The molecule has 4 rings (SSSR count). The first-order chi connectivity index (χ1) is 9.81. The van der Waals surface area contributed by atoms with Crippen molar-refractivity contribution in [3.05, 3.63) is 35.9 Å². The zero-order valence-corrected chi connectivity index (χ0v) is 12.0. The second kappa shape index (κ2) is 6.40. The summed E-state index contributed by atoms with van der Waals surface area (Å²) >= 11 is 0. The average Bonchev–Trinajstić information content (AvgIpc) is 2.49. The van der Waals surface area contributed by atoms with Crippen molar-refractivity contribution in [2.75, 3.05) is 19.6 Å². The molecule has 0 amide bonds. The van der Waals surface area contributed by atoms with Crippen LogP contribution in [0.3, 0.4) is 0 Å². The lowest BCUT2D eigenvalue weighted by molar-refractivity contribution is -0.158. The molecule has 0 aromatic heterocycles. The molecule has 2 bridgehead atoms. The Morgan fingerprint density at radius 2 is 1.95 bits per heavy atom. The van der Waals surface area contributed by atoms with Crippen LogP contribution in [0, 0.1) is 5.92 Å². The summed E-state index contributed by atoms with van der Waals surface area (Å²) in [6.07, 6.45) is 4.92. The van der Waals surface area contributed by atoms with Gasteiger partial charge in [0.05, 0.1) is 0 Å². The molecule has 1 atom stereocenters. The van der Waals surface area contributed by atoms with Crippen molar-refractivity contribution < 1.29 is 9.53 Å². The van der Waals surface area contributed by atoms with E-state index in [1.807, 2.05) is 18.2 Å². The van der Waals surface area contributed by atoms with Gasteiger partial charge < -0.3 is 4.74 Å². The molecule has 3 aliphatic rings. The lowest BCUT2D eigenvalue weighted by Crippen LogP contribution is -2.51. The molecule has 0 spiro atoms. The van der Waals surface area contributed by atoms with Gasteiger partial charge in [-0.05, 0) is 50.3 Å². The second-order valence-corrected chi connectivity index (χ2v) is 6.01. The Labute approximate surface area is 120 Å². The second-order valence-electron chi connectivity index (χ2n) is 6.01. The van der Waals surface area contributed by atoms with Gasteiger partial charge in [-0.1, -0.05) is 30.3 Å². The molecule has 3 heteroatoms. The van der Waals surface area contributed by atoms with Crippen LogP contribution in [-0.2, 0) is 16.0 Å². The predicted molar refractivity (Wildman–Crippen MR) is 78.4 cm³/mol. The van der Waals surface area contributed by atoms with Crippen molar-refractivity contribution in [2.24, 2.45) is 5.92 Å². The Balaban J connectivity index is 1.39. The van der Waals surface area contributed by atoms with Crippen molar-refractivity contribution in [3.8, 4) is 0 Å². The Hall–Kier alpha value is -1.35. The molecule has 20 heavy (non-hydrogen) atoms. The number of fused-ring (bicyclic) bond motifs is 3. The highest BCUT2D eigenvalue weighted by Crippen LogP contribution is 2.29. The third-order valence-electron chi connectivity index (χ3n) is 4.57. The van der Waals surface area contributed by atoms with Crippen LogP contribution in [0.2, 0.25) is 0 Å². The Bertz CT molecular complexity index is 438. The van der Waals surface area contributed by atoms with Crippen molar-refractivity contribution in [2.45, 2.75) is 38.2 Å². The first kappa shape index (κ1) is 13.6. The minimum atomic E-state index is -0.0142. The standard InChI is InChI=1S/C17H23NO2/c19-17(8-4-7-14-5-2-1-3-6-14)20-16-13-18-11-9-15(16)10-12-18/h1-3,5-6,15-16H,4,7-13H2/t16-/m0/s1. The zero-order valence-electron chi connectivity index (χ0n) is 12.0. The molecule has 3 aliphatic heterocycles. The highest BCUT2D eigenvalue weighted by atomic mass is 16.5. The summed E-state index contributed by atoms with van der Waals surface area (Å²) in [4.78, 5) is 14.4. The smallest absolute Gasteiger partial charge is 0.306 e. The number of hydrogen-bond donors (Lipinski definition) is 0. The maximum Gasteiger partial charge on any atom is 0.306 e. The quantitative estimate of drug-likeness (QED) is 0.772. The van der Waals surface area contributed by atoms with E-state index in [0.717, 1.165) is 19.4 Å². The van der Waals surface area contributed by atoms with E-state index in [-0.39, 0.29) is 12.1 Å². The highest BCUT2D eigenvalue weighted by molar-refractivity contribution is 5.69. The maximum absolute atomic E-state index is 11.9. The van der Waals surface area contributed by atoms with Crippen LogP contribution in [0.4, 0.5) is 0 Å². The van der Waals surface area contributed by atoms with Crippen LogP contribution in [-0.4, -0.2) is 36.6 Å². The normalized spacial score (nSPS) is 28.3. The van der Waals surface area contributed by atoms with Crippen molar-refractivity contribution in [1.82, 2.24) is 4.90 Å². The van der Waals surface area contributed by atoms with Gasteiger partial charge in [0.2, 0.25) is 0 Å². The zero-order chi connectivity index (χ0) is 13.8. The monoisotopic (exact) mass is 273 g/mol. The summed E-state index contributed by atoms with van der Waals surface area (Å²) in [5, 5.41) is 0. The van der Waals surface area contributed by atoms with E-state index in [2.05, 4.69) is 17.0 Å². The topological polar surface area (TPSA) is 29.5 Å². The number of nitrogens with zero attached hydrogens (tertiary/aromatic N) is 1. The number of rotatable bonds is 5. The summed E-state index contributed by atoms with van der Waals surface area (Å²) in [5.41, 5.74) is 1.29. The summed E-state index contributed by atoms with van der Waals surface area (Å²) in [5.74, 6) is 0.595. The van der Waals surface area contributed by atoms with Crippen LogP contribution in [0.5, 0.6) is 0 Å². The fourth-order valence-corrected chi connectivity index (χ4v) is 3.35. The SMILES string of the molecule is O=C(CCCc1ccccc1)O[C@H]1CN2CCC1CC2. The number of piperidine rings is 3. The van der Waals surface area contributed by atoms with Gasteiger partial charge in [0.1, 0.15) is 6.10 Å². The minimum Gasteiger partial charge on any atom is -0.461 e. The Kier molecular flexibility index (Phi) is 4.36. The molecule has 1 aromatic rings. The van der Waals surface area contributed by atoms with Gasteiger partial charge in [-0.25, -0.2) is 0 Å². The number of carbonyl (C=O) groups is 1. The molecule has 3 heterocycles. The van der Waals surface area contributed by atoms with Gasteiger partial charge in [-0.3, -0.25) is 9.69 Å². The van der Waals surface area contributed by atoms with Gasteiger partial charge in [-0.2, -0.15) is 0 Å². The van der Waals surface area contributed by atoms with Gasteiger partial charge in [0, 0.05) is 13.0 Å². The van der Waals surface area contributed by atoms with E-state index >= 15 is 0 Å². The molecule has 0 radical (unpaired) electrons. The van der Waals surface area contributed by atoms with Crippen molar-refractivity contribution >= 4 is 5.97 Å². The van der Waals surface area contributed by atoms with Crippen molar-refractivity contribution in [1.29, 1.82) is 0 Å². The maximum atomic E-state index is 11.9. The Morgan fingerprint density at radius 3 is 2.60 bits per heavy atom. The average molecular weight is 273 g/mol. The summed E-state index contributed by atoms with van der Waals surface area (Å²) < 4.78 is 5.68. The van der Waals surface area contributed by atoms with Gasteiger partial charge in [0.15, 0.2) is 0 Å². The lowest BCUT2D eigenvalue weighted by Gasteiger charge is -2.43. The molecule has 0 aliphatic carbocycles. The van der Waals surface area contributed by atoms with Crippen LogP contribution >= 0.6 is 0 Å². The molecule has 3 fully saturated rings. The number of benzene rings is 1. The van der Waals surface area contributed by atoms with Gasteiger partial charge >= 0.3 is 5.97 Å². The molecule has 0 N–H and O–H groups in total. The fourth-order valence-electron chi connectivity index (χ4n) is 3.35. The molecule has 0 unspecified atom stereocenters. The van der Waals surface area contributed by atoms with E-state index in [1.54, 1.807) is 0 Å². The van der Waals surface area contributed by atoms with Crippen LogP contribution in [0.25, 0.3) is 0 Å². The predicted octanol–water partition coefficient (Wildman–Crippen LogP) is 2.65. The van der Waals surface area contributed by atoms with Crippen LogP contribution in [0.15, 0.2) is 30.3 Å². The number of ether oxygens (including phenoxy) is 1. The van der Waals surface area contributed by atoms with E-state index in [1.165, 1.54) is 31.5 Å². The largest absolute Gasteiger partial charge is 0.461 e. The number of carbonyl (C=O) groups excluding carboxylic acids is 1. The van der Waals surface area contributed by atoms with Gasteiger partial charge in [0.25, 0.3) is 0 Å². The first-order valence-electron chi connectivity index (χ1n) is 7.77. The minimum absolute atomic E-state index is 0.0142. The third kappa shape index (κ3) is 3.40. The summed E-state index contributed by atoms with van der Waals surface area (Å²) in [6, 6.07) is 10.3. The number of aryl methyl sites for hydroxylation is 1. The highest BCUT2D eigenvalue weighted by Gasteiger charge is 2.36. The van der Waals surface area contributed by atoms with Crippen LogP contribution < -0.4 is 0 Å². The van der Waals surface area contributed by atoms with Crippen molar-refractivity contribution in [3.63, 3.8) is 0 Å². The lowest BCUT2D eigenvalue weighted by atomic mass is 9.86. The molecular weight excluding hydrogens is 250 g/mol. The molecule has 1 aromatic carbocycles. The first-order valence-corrected chi connectivity index (χ1v) is 7.77. The van der Waals surface area contributed by atoms with E-state index < -0.39 is 0 Å². The summed E-state index contributed by atoms with van der Waals surface area (Å²) in [7, 11) is 0. The Morgan fingerprint density at radius 1 is 1.20 bits per heavy atom. The molecule has 3 saturated heterocycles.